The average Bonchev–Trinajstić information content (AvgIpc) is 3.14. The number of ether oxygens (including phenoxy) is 1. The van der Waals surface area contributed by atoms with Crippen molar-refractivity contribution >= 4 is 23.2 Å². The lowest BCUT2D eigenvalue weighted by atomic mass is 9.96. The number of alkyl halides is 3. The van der Waals surface area contributed by atoms with Crippen LogP contribution in [0.4, 0.5) is 13.2 Å². The van der Waals surface area contributed by atoms with Crippen molar-refractivity contribution in [2.75, 3.05) is 6.54 Å². The zero-order chi connectivity index (χ0) is 22.2. The summed E-state index contributed by atoms with van der Waals surface area (Å²) in [7, 11) is 0. The van der Waals surface area contributed by atoms with Crippen molar-refractivity contribution in [3.8, 4) is 16.9 Å². The zero-order valence-electron chi connectivity index (χ0n) is 16.8. The van der Waals surface area contributed by atoms with E-state index in [0.717, 1.165) is 11.6 Å². The number of halogens is 3. The monoisotopic (exact) mass is 449 g/mol. The number of para-hydroxylation sites is 1. The van der Waals surface area contributed by atoms with E-state index in [1.54, 1.807) is 18.2 Å². The predicted octanol–water partition coefficient (Wildman–Crippen LogP) is 3.42. The molecule has 1 fully saturated rings. The molecule has 0 bridgehead atoms. The number of benzene rings is 2. The molecule has 5 nitrogen and oxygen atoms in total. The number of nitrogens with one attached hydrogen (secondary N) is 3. The minimum Gasteiger partial charge on any atom is -0.487 e. The van der Waals surface area contributed by atoms with Gasteiger partial charge in [0.2, 0.25) is 5.91 Å². The molecule has 0 radical (unpaired) electrons. The Morgan fingerprint density at radius 1 is 1.16 bits per heavy atom. The van der Waals surface area contributed by atoms with Gasteiger partial charge in [-0.1, -0.05) is 36.4 Å². The van der Waals surface area contributed by atoms with Crippen LogP contribution in [-0.2, 0) is 17.4 Å². The maximum absolute atomic E-state index is 13.5. The van der Waals surface area contributed by atoms with E-state index < -0.39 is 17.8 Å². The van der Waals surface area contributed by atoms with Crippen LogP contribution < -0.4 is 20.7 Å². The first-order chi connectivity index (χ1) is 14.7. The van der Waals surface area contributed by atoms with Crippen molar-refractivity contribution in [2.24, 2.45) is 0 Å². The summed E-state index contributed by atoms with van der Waals surface area (Å²) in [5.41, 5.74) is 0.603. The molecule has 3 N–H and O–H groups in total. The van der Waals surface area contributed by atoms with Crippen LogP contribution in [0.25, 0.3) is 11.1 Å². The van der Waals surface area contributed by atoms with Crippen molar-refractivity contribution in [1.82, 2.24) is 16.0 Å². The molecule has 1 saturated heterocycles. The molecular weight excluding hydrogens is 427 g/mol. The van der Waals surface area contributed by atoms with Crippen molar-refractivity contribution in [1.29, 1.82) is 0 Å². The Labute approximate surface area is 183 Å². The summed E-state index contributed by atoms with van der Waals surface area (Å²) in [6.45, 7) is 2.20. The smallest absolute Gasteiger partial charge is 0.417 e. The van der Waals surface area contributed by atoms with Gasteiger partial charge in [0, 0.05) is 18.0 Å². The van der Waals surface area contributed by atoms with Gasteiger partial charge in [-0.05, 0) is 42.8 Å². The van der Waals surface area contributed by atoms with Gasteiger partial charge >= 0.3 is 6.18 Å². The molecule has 0 saturated carbocycles. The van der Waals surface area contributed by atoms with Crippen LogP contribution in [-0.4, -0.2) is 35.8 Å². The molecule has 2 heterocycles. The van der Waals surface area contributed by atoms with Gasteiger partial charge < -0.3 is 20.7 Å². The van der Waals surface area contributed by atoms with Crippen LogP contribution in [0.15, 0.2) is 42.5 Å². The molecule has 9 heteroatoms. The second-order valence-corrected chi connectivity index (χ2v) is 8.24. The minimum absolute atomic E-state index is 0.0814. The average molecular weight is 449 g/mol. The molecule has 31 heavy (non-hydrogen) atoms. The van der Waals surface area contributed by atoms with Crippen LogP contribution in [0.2, 0.25) is 0 Å². The fraction of sp³-hybridized carbons (Fsp3) is 0.364. The largest absolute Gasteiger partial charge is 0.487 e. The van der Waals surface area contributed by atoms with Crippen molar-refractivity contribution in [3.05, 3.63) is 53.6 Å². The first kappa shape index (κ1) is 21.4. The van der Waals surface area contributed by atoms with Crippen molar-refractivity contribution in [3.63, 3.8) is 0 Å². The van der Waals surface area contributed by atoms with Gasteiger partial charge in [-0.25, -0.2) is 0 Å². The number of carbonyl (C=O) groups excluding carboxylic acids is 1. The molecule has 4 rings (SSSR count). The summed E-state index contributed by atoms with van der Waals surface area (Å²) in [6, 6.07) is 10.3. The summed E-state index contributed by atoms with van der Waals surface area (Å²) in [5, 5.41) is 9.31. The molecule has 0 aliphatic carbocycles. The maximum Gasteiger partial charge on any atom is 0.417 e. The topological polar surface area (TPSA) is 62.4 Å². The highest BCUT2D eigenvalue weighted by atomic mass is 32.1. The third-order valence-corrected chi connectivity index (χ3v) is 5.68. The first-order valence-electron chi connectivity index (χ1n) is 10.0. The van der Waals surface area contributed by atoms with E-state index >= 15 is 0 Å². The van der Waals surface area contributed by atoms with Gasteiger partial charge in [0.15, 0.2) is 5.11 Å². The van der Waals surface area contributed by atoms with Gasteiger partial charge in [0.25, 0.3) is 0 Å². The van der Waals surface area contributed by atoms with Gasteiger partial charge in [0.05, 0.1) is 12.1 Å². The summed E-state index contributed by atoms with van der Waals surface area (Å²) in [5.74, 6) is 0.256. The first-order valence-corrected chi connectivity index (χ1v) is 10.4. The zero-order valence-corrected chi connectivity index (χ0v) is 17.6. The van der Waals surface area contributed by atoms with Crippen LogP contribution >= 0.6 is 12.2 Å². The second kappa shape index (κ2) is 8.37. The van der Waals surface area contributed by atoms with Gasteiger partial charge in [-0.2, -0.15) is 13.2 Å². The fourth-order valence-corrected chi connectivity index (χ4v) is 4.38. The lowest BCUT2D eigenvalue weighted by Gasteiger charge is -2.30. The Balaban J connectivity index is 1.47. The standard InChI is InChI=1S/C22H22F3N3O2S/c1-12-9-18(28-21(31)27-12)20(29)26-11-14-10-13-5-4-7-16(19(13)30-14)15-6-2-3-8-17(15)22(23,24)25/h2-8,12,14,18H,9-11H2,1H3,(H,26,29)(H2,27,28,31)/t12-,14+,18+/m1/s1. The maximum atomic E-state index is 13.5. The second-order valence-electron chi connectivity index (χ2n) is 7.83. The molecule has 2 aliphatic rings. The molecule has 164 valence electrons. The number of carbonyl (C=O) groups is 1. The molecule has 1 amide bonds. The predicted molar refractivity (Wildman–Crippen MR) is 115 cm³/mol. The van der Waals surface area contributed by atoms with Gasteiger partial charge in [0.1, 0.15) is 17.9 Å². The summed E-state index contributed by atoms with van der Waals surface area (Å²) >= 11 is 5.11. The highest BCUT2D eigenvalue weighted by Gasteiger charge is 2.35. The lowest BCUT2D eigenvalue weighted by Crippen LogP contribution is -2.58. The number of fused-ring (bicyclic) bond motifs is 1. The van der Waals surface area contributed by atoms with Crippen LogP contribution in [0.3, 0.4) is 0 Å². The number of hydrogen-bond acceptors (Lipinski definition) is 3. The molecule has 0 spiro atoms. The molecule has 0 aromatic heterocycles. The summed E-state index contributed by atoms with van der Waals surface area (Å²) in [4.78, 5) is 12.5. The van der Waals surface area contributed by atoms with Crippen molar-refractivity contribution in [2.45, 2.75) is 44.1 Å². The van der Waals surface area contributed by atoms with E-state index in [1.165, 1.54) is 12.1 Å². The van der Waals surface area contributed by atoms with E-state index in [4.69, 9.17) is 17.0 Å². The molecule has 2 aliphatic heterocycles. The van der Waals surface area contributed by atoms with Gasteiger partial charge in [-0.15, -0.1) is 0 Å². The van der Waals surface area contributed by atoms with Crippen LogP contribution in [0, 0.1) is 0 Å². The number of thiocarbonyl (C=S) groups is 1. The third kappa shape index (κ3) is 4.61. The number of rotatable bonds is 4. The Kier molecular flexibility index (Phi) is 5.79. The molecule has 2 aromatic rings. The van der Waals surface area contributed by atoms with Gasteiger partial charge in [-0.3, -0.25) is 4.79 Å². The summed E-state index contributed by atoms with van der Waals surface area (Å²) < 4.78 is 46.5. The lowest BCUT2D eigenvalue weighted by molar-refractivity contribution is -0.137. The normalized spacial score (nSPS) is 22.7. The molecule has 2 aromatic carbocycles. The number of amides is 1. The van der Waals surface area contributed by atoms with E-state index in [-0.39, 0.29) is 30.2 Å². The Hall–Kier alpha value is -2.81. The van der Waals surface area contributed by atoms with Crippen LogP contribution in [0.1, 0.15) is 24.5 Å². The summed E-state index contributed by atoms with van der Waals surface area (Å²) in [6.07, 6.45) is -3.73. The SMILES string of the molecule is C[C@@H]1C[C@@H](C(=O)NC[C@@H]2Cc3cccc(-c4ccccc4C(F)(F)F)c3O2)NC(=S)N1. The van der Waals surface area contributed by atoms with E-state index in [0.29, 0.717) is 29.3 Å². The Morgan fingerprint density at radius 2 is 1.90 bits per heavy atom. The quantitative estimate of drug-likeness (QED) is 0.625. The fourth-order valence-electron chi connectivity index (χ4n) is 4.03. The Bertz CT molecular complexity index is 1010. The molecular formula is C22H22F3N3O2S. The molecule has 3 atom stereocenters. The van der Waals surface area contributed by atoms with E-state index in [9.17, 15) is 18.0 Å². The number of hydrogen-bond donors (Lipinski definition) is 3. The van der Waals surface area contributed by atoms with Crippen molar-refractivity contribution < 1.29 is 22.7 Å². The van der Waals surface area contributed by atoms with E-state index in [2.05, 4.69) is 16.0 Å². The minimum atomic E-state index is -4.47. The Morgan fingerprint density at radius 3 is 2.65 bits per heavy atom. The van der Waals surface area contributed by atoms with Crippen LogP contribution in [0.5, 0.6) is 5.75 Å². The van der Waals surface area contributed by atoms with E-state index in [1.807, 2.05) is 13.0 Å². The molecule has 0 unspecified atom stereocenters. The highest BCUT2D eigenvalue weighted by molar-refractivity contribution is 7.80. The third-order valence-electron chi connectivity index (χ3n) is 5.44. The highest BCUT2D eigenvalue weighted by Crippen LogP contribution is 2.43.